The minimum absolute atomic E-state index is 0.0294. The predicted octanol–water partition coefficient (Wildman–Crippen LogP) is 4.56. The van der Waals surface area contributed by atoms with Gasteiger partial charge in [-0.2, -0.15) is 13.2 Å². The van der Waals surface area contributed by atoms with Crippen LogP contribution in [0.15, 0.2) is 35.4 Å². The lowest BCUT2D eigenvalue weighted by molar-refractivity contribution is -0.267. The highest BCUT2D eigenvalue weighted by Crippen LogP contribution is 2.49. The van der Waals surface area contributed by atoms with Gasteiger partial charge in [-0.05, 0) is 48.1 Å². The topological polar surface area (TPSA) is 95.5 Å². The van der Waals surface area contributed by atoms with Gasteiger partial charge >= 0.3 is 6.18 Å². The lowest BCUT2D eigenvalue weighted by atomic mass is 9.70. The van der Waals surface area contributed by atoms with Crippen LogP contribution in [0.4, 0.5) is 19.0 Å². The fourth-order valence-corrected chi connectivity index (χ4v) is 5.68. The smallest absolute Gasteiger partial charge is 0.417 e. The Bertz CT molecular complexity index is 1430. The van der Waals surface area contributed by atoms with Crippen molar-refractivity contribution >= 4 is 26.6 Å². The summed E-state index contributed by atoms with van der Waals surface area (Å²) in [5.41, 5.74) is -2.53. The SMILES string of the molecule is CCC(C)(CC(O)(Cc1cc2cc(N(C)C)ncc2[nH]1)C(F)(F)F)c1cc(S(C)(=O)=O)cc2c1OCC2. The van der Waals surface area contributed by atoms with E-state index in [1.54, 1.807) is 37.1 Å². The van der Waals surface area contributed by atoms with Crippen LogP contribution >= 0.6 is 0 Å². The van der Waals surface area contributed by atoms with Crippen LogP contribution in [-0.2, 0) is 28.1 Å². The van der Waals surface area contributed by atoms with Crippen molar-refractivity contribution in [2.45, 2.75) is 61.6 Å². The summed E-state index contributed by atoms with van der Waals surface area (Å²) in [5, 5.41) is 11.9. The third-order valence-electron chi connectivity index (χ3n) is 7.31. The normalized spacial score (nSPS) is 17.2. The quantitative estimate of drug-likeness (QED) is 0.436. The number of aromatic nitrogens is 2. The van der Waals surface area contributed by atoms with Crippen LogP contribution in [0.1, 0.15) is 43.5 Å². The molecule has 37 heavy (non-hydrogen) atoms. The summed E-state index contributed by atoms with van der Waals surface area (Å²) < 4.78 is 74.1. The minimum Gasteiger partial charge on any atom is -0.493 e. The maximum Gasteiger partial charge on any atom is 0.417 e. The van der Waals surface area contributed by atoms with Crippen molar-refractivity contribution in [1.29, 1.82) is 0 Å². The zero-order valence-electron chi connectivity index (χ0n) is 21.5. The van der Waals surface area contributed by atoms with Gasteiger partial charge in [-0.1, -0.05) is 13.8 Å². The average Bonchev–Trinajstić information content (AvgIpc) is 3.42. The van der Waals surface area contributed by atoms with Gasteiger partial charge in [0.05, 0.1) is 23.2 Å². The molecular weight excluding hydrogens is 507 g/mol. The number of H-pyrrole nitrogens is 1. The van der Waals surface area contributed by atoms with Crippen molar-refractivity contribution in [3.63, 3.8) is 0 Å². The highest BCUT2D eigenvalue weighted by atomic mass is 32.2. The van der Waals surface area contributed by atoms with Gasteiger partial charge in [0.15, 0.2) is 15.4 Å². The maximum absolute atomic E-state index is 14.5. The van der Waals surface area contributed by atoms with E-state index in [-0.39, 0.29) is 17.0 Å². The van der Waals surface area contributed by atoms with E-state index in [2.05, 4.69) is 9.97 Å². The standard InChI is InChI=1S/C26H32F3N3O4S/c1-6-24(2,20-12-19(37(5,34)35)10-16-7-8-36-23(16)20)15-25(33,26(27,28)29)13-18-9-17-11-22(32(3)4)30-14-21(17)31-18/h9-12,14,31,33H,6-8,13,15H2,1-5H3. The second-order valence-corrected chi connectivity index (χ2v) is 12.5. The molecule has 0 radical (unpaired) electrons. The second-order valence-electron chi connectivity index (χ2n) is 10.4. The van der Waals surface area contributed by atoms with Gasteiger partial charge in [0, 0.05) is 49.8 Å². The Morgan fingerprint density at radius 1 is 1.19 bits per heavy atom. The molecule has 0 bridgehead atoms. The number of aliphatic hydroxyl groups is 1. The van der Waals surface area contributed by atoms with Gasteiger partial charge in [-0.15, -0.1) is 0 Å². The molecule has 0 aliphatic carbocycles. The van der Waals surface area contributed by atoms with Crippen LogP contribution in [0.5, 0.6) is 5.75 Å². The number of alkyl halides is 3. The summed E-state index contributed by atoms with van der Waals surface area (Å²) in [6.07, 6.45) is -3.03. The first-order valence-corrected chi connectivity index (χ1v) is 13.9. The van der Waals surface area contributed by atoms with Gasteiger partial charge in [-0.3, -0.25) is 0 Å². The van der Waals surface area contributed by atoms with Crippen LogP contribution < -0.4 is 9.64 Å². The number of nitrogens with zero attached hydrogens (tertiary/aromatic N) is 2. The summed E-state index contributed by atoms with van der Waals surface area (Å²) >= 11 is 0. The first-order valence-electron chi connectivity index (χ1n) is 12.0. The van der Waals surface area contributed by atoms with E-state index in [1.807, 2.05) is 14.1 Å². The molecule has 11 heteroatoms. The molecular formula is C26H32F3N3O4S. The summed E-state index contributed by atoms with van der Waals surface area (Å²) in [6.45, 7) is 3.66. The van der Waals surface area contributed by atoms with Gasteiger partial charge in [0.1, 0.15) is 11.6 Å². The van der Waals surface area contributed by atoms with Gasteiger partial charge in [0.2, 0.25) is 0 Å². The Hall–Kier alpha value is -2.79. The van der Waals surface area contributed by atoms with Crippen LogP contribution in [0.2, 0.25) is 0 Å². The molecule has 2 N–H and O–H groups in total. The molecule has 0 saturated heterocycles. The number of sulfone groups is 1. The molecule has 0 spiro atoms. The van der Waals surface area contributed by atoms with Crippen molar-refractivity contribution < 1.29 is 31.4 Å². The van der Waals surface area contributed by atoms with E-state index in [0.717, 1.165) is 6.26 Å². The lowest BCUT2D eigenvalue weighted by Gasteiger charge is -2.40. The molecule has 0 amide bonds. The number of hydrogen-bond donors (Lipinski definition) is 2. The first kappa shape index (κ1) is 27.3. The minimum atomic E-state index is -4.95. The van der Waals surface area contributed by atoms with Crippen molar-refractivity contribution in [3.8, 4) is 5.75 Å². The van der Waals surface area contributed by atoms with E-state index in [1.165, 1.54) is 12.1 Å². The number of fused-ring (bicyclic) bond motifs is 2. The molecule has 2 unspecified atom stereocenters. The molecule has 1 aliphatic heterocycles. The van der Waals surface area contributed by atoms with Crippen molar-refractivity contribution in [1.82, 2.24) is 9.97 Å². The highest BCUT2D eigenvalue weighted by molar-refractivity contribution is 7.90. The number of aromatic amines is 1. The molecule has 202 valence electrons. The number of rotatable bonds is 8. The zero-order valence-corrected chi connectivity index (χ0v) is 22.3. The Morgan fingerprint density at radius 2 is 1.89 bits per heavy atom. The third-order valence-corrected chi connectivity index (χ3v) is 8.41. The summed E-state index contributed by atoms with van der Waals surface area (Å²) in [7, 11) is 0.0136. The van der Waals surface area contributed by atoms with Gasteiger partial charge in [-0.25, -0.2) is 13.4 Å². The number of pyridine rings is 1. The molecule has 2 aromatic heterocycles. The van der Waals surface area contributed by atoms with E-state index in [9.17, 15) is 26.7 Å². The number of benzene rings is 1. The van der Waals surface area contributed by atoms with Crippen LogP contribution in [0.3, 0.4) is 0 Å². The van der Waals surface area contributed by atoms with Crippen molar-refractivity contribution in [2.24, 2.45) is 0 Å². The molecule has 1 aliphatic rings. The highest BCUT2D eigenvalue weighted by Gasteiger charge is 2.57. The molecule has 7 nitrogen and oxygen atoms in total. The fourth-order valence-electron chi connectivity index (χ4n) is 5.00. The van der Waals surface area contributed by atoms with Gasteiger partial charge in [0.25, 0.3) is 0 Å². The largest absolute Gasteiger partial charge is 0.493 e. The molecule has 1 aromatic carbocycles. The monoisotopic (exact) mass is 539 g/mol. The van der Waals surface area contributed by atoms with Crippen LogP contribution in [0.25, 0.3) is 10.9 Å². The third kappa shape index (κ3) is 5.16. The van der Waals surface area contributed by atoms with E-state index < -0.39 is 39.9 Å². The number of ether oxygens (including phenoxy) is 1. The van der Waals surface area contributed by atoms with E-state index in [4.69, 9.17) is 4.74 Å². The molecule has 0 saturated carbocycles. The molecule has 3 heterocycles. The number of hydrogen-bond acceptors (Lipinski definition) is 6. The number of halogens is 3. The molecule has 2 atom stereocenters. The van der Waals surface area contributed by atoms with Crippen LogP contribution in [-0.4, -0.2) is 62.2 Å². The number of anilines is 1. The van der Waals surface area contributed by atoms with Gasteiger partial charge < -0.3 is 19.7 Å². The fraction of sp³-hybridized carbons (Fsp3) is 0.500. The van der Waals surface area contributed by atoms with E-state index in [0.29, 0.717) is 46.6 Å². The Morgan fingerprint density at radius 3 is 2.49 bits per heavy atom. The lowest BCUT2D eigenvalue weighted by Crippen LogP contribution is -2.51. The number of nitrogens with one attached hydrogen (secondary N) is 1. The molecule has 4 rings (SSSR count). The van der Waals surface area contributed by atoms with Crippen molar-refractivity contribution in [3.05, 3.63) is 47.3 Å². The summed E-state index contributed by atoms with van der Waals surface area (Å²) in [4.78, 5) is 9.06. The predicted molar refractivity (Wildman–Crippen MR) is 136 cm³/mol. The van der Waals surface area contributed by atoms with Crippen molar-refractivity contribution in [2.75, 3.05) is 31.9 Å². The summed E-state index contributed by atoms with van der Waals surface area (Å²) in [6, 6.07) is 6.27. The average molecular weight is 540 g/mol. The second kappa shape index (κ2) is 9.20. The Balaban J connectivity index is 1.77. The Labute approximate surface area is 214 Å². The maximum atomic E-state index is 14.5. The Kier molecular flexibility index (Phi) is 6.77. The van der Waals surface area contributed by atoms with Crippen LogP contribution in [0, 0.1) is 0 Å². The molecule has 3 aromatic rings. The summed E-state index contributed by atoms with van der Waals surface area (Å²) in [5.74, 6) is 1.07. The van der Waals surface area contributed by atoms with E-state index >= 15 is 0 Å². The first-order chi connectivity index (χ1) is 17.1. The zero-order chi connectivity index (χ0) is 27.4. The molecule has 0 fully saturated rings.